The van der Waals surface area contributed by atoms with E-state index in [9.17, 15) is 23.5 Å². The summed E-state index contributed by atoms with van der Waals surface area (Å²) in [5.74, 6) is -3.35. The number of aliphatic hydroxyl groups is 1. The zero-order valence-electron chi connectivity index (χ0n) is 17.7. The number of carbonyl (C=O) groups is 2. The summed E-state index contributed by atoms with van der Waals surface area (Å²) in [5.41, 5.74) is -0.293. The van der Waals surface area contributed by atoms with Crippen molar-refractivity contribution >= 4 is 28.7 Å². The molecule has 170 valence electrons. The fourth-order valence-electron chi connectivity index (χ4n) is 3.74. The summed E-state index contributed by atoms with van der Waals surface area (Å²) < 4.78 is 39.7. The SMILES string of the molecule is CCOc1cc(C2C(C(=O)c3cccs3)=C(O)C(=O)N2c2cc(F)ccc2F)ccc1OC. The summed E-state index contributed by atoms with van der Waals surface area (Å²) in [7, 11) is 1.46. The molecule has 9 heteroatoms. The minimum atomic E-state index is -1.23. The Hall–Kier alpha value is -3.72. The van der Waals surface area contributed by atoms with Crippen molar-refractivity contribution in [2.24, 2.45) is 0 Å². The van der Waals surface area contributed by atoms with Crippen LogP contribution in [0, 0.1) is 11.6 Å². The third-order valence-electron chi connectivity index (χ3n) is 5.17. The van der Waals surface area contributed by atoms with Gasteiger partial charge in [-0.2, -0.15) is 0 Å². The predicted molar refractivity (Wildman–Crippen MR) is 119 cm³/mol. The van der Waals surface area contributed by atoms with Crippen molar-refractivity contribution in [3.05, 3.63) is 87.3 Å². The number of nitrogens with zero attached hydrogens (tertiary/aromatic N) is 1. The van der Waals surface area contributed by atoms with Crippen LogP contribution in [0.3, 0.4) is 0 Å². The Morgan fingerprint density at radius 1 is 1.15 bits per heavy atom. The summed E-state index contributed by atoms with van der Waals surface area (Å²) in [6.45, 7) is 2.09. The molecule has 1 amide bonds. The van der Waals surface area contributed by atoms with Gasteiger partial charge in [0.25, 0.3) is 5.91 Å². The Balaban J connectivity index is 1.93. The molecule has 0 spiro atoms. The van der Waals surface area contributed by atoms with E-state index in [-0.39, 0.29) is 10.5 Å². The highest BCUT2D eigenvalue weighted by atomic mass is 32.1. The molecule has 0 fully saturated rings. The van der Waals surface area contributed by atoms with Gasteiger partial charge in [-0.3, -0.25) is 14.5 Å². The first-order chi connectivity index (χ1) is 15.9. The molecule has 2 aromatic carbocycles. The maximum atomic E-state index is 14.7. The predicted octanol–water partition coefficient (Wildman–Crippen LogP) is 5.22. The van der Waals surface area contributed by atoms with Crippen LogP contribution < -0.4 is 14.4 Å². The molecular weight excluding hydrogens is 452 g/mol. The number of thiophene rings is 1. The molecular formula is C24H19F2NO5S. The summed E-state index contributed by atoms with van der Waals surface area (Å²) in [5, 5.41) is 12.4. The third-order valence-corrected chi connectivity index (χ3v) is 6.04. The van der Waals surface area contributed by atoms with E-state index in [0.717, 1.165) is 34.4 Å². The van der Waals surface area contributed by atoms with E-state index in [1.54, 1.807) is 42.6 Å². The highest BCUT2D eigenvalue weighted by Gasteiger charge is 2.46. The first-order valence-electron chi connectivity index (χ1n) is 9.98. The molecule has 2 heterocycles. The Morgan fingerprint density at radius 3 is 2.61 bits per heavy atom. The molecule has 1 aromatic heterocycles. The number of hydrogen-bond donors (Lipinski definition) is 1. The molecule has 1 N–H and O–H groups in total. The van der Waals surface area contributed by atoms with Gasteiger partial charge in [0.1, 0.15) is 11.6 Å². The lowest BCUT2D eigenvalue weighted by Crippen LogP contribution is -2.32. The lowest BCUT2D eigenvalue weighted by atomic mass is 9.94. The van der Waals surface area contributed by atoms with Crippen LogP contribution in [0.2, 0.25) is 0 Å². The maximum absolute atomic E-state index is 14.7. The second-order valence-corrected chi connectivity index (χ2v) is 8.03. The molecule has 4 rings (SSSR count). The third kappa shape index (κ3) is 3.95. The number of ether oxygens (including phenoxy) is 2. The van der Waals surface area contributed by atoms with Gasteiger partial charge in [-0.25, -0.2) is 8.78 Å². The number of carbonyl (C=O) groups excluding carboxylic acids is 2. The topological polar surface area (TPSA) is 76.1 Å². The molecule has 0 saturated carbocycles. The van der Waals surface area contributed by atoms with Crippen LogP contribution in [0.1, 0.15) is 28.2 Å². The van der Waals surface area contributed by atoms with E-state index in [1.807, 2.05) is 0 Å². The Labute approximate surface area is 192 Å². The Bertz CT molecular complexity index is 1260. The highest BCUT2D eigenvalue weighted by Crippen LogP contribution is 2.45. The van der Waals surface area contributed by atoms with E-state index >= 15 is 0 Å². The van der Waals surface area contributed by atoms with Crippen LogP contribution in [0.4, 0.5) is 14.5 Å². The van der Waals surface area contributed by atoms with Crippen molar-refractivity contribution in [2.45, 2.75) is 13.0 Å². The molecule has 6 nitrogen and oxygen atoms in total. The van der Waals surface area contributed by atoms with Crippen molar-refractivity contribution in [1.29, 1.82) is 0 Å². The van der Waals surface area contributed by atoms with Crippen LogP contribution in [0.15, 0.2) is 65.2 Å². The van der Waals surface area contributed by atoms with E-state index in [4.69, 9.17) is 9.47 Å². The number of anilines is 1. The molecule has 0 bridgehead atoms. The fourth-order valence-corrected chi connectivity index (χ4v) is 4.42. The number of hydrogen-bond acceptors (Lipinski definition) is 6. The second kappa shape index (κ2) is 9.03. The largest absolute Gasteiger partial charge is 0.503 e. The molecule has 0 aliphatic carbocycles. The van der Waals surface area contributed by atoms with Gasteiger partial charge in [0.05, 0.1) is 35.9 Å². The molecule has 0 radical (unpaired) electrons. The average Bonchev–Trinajstić information content (AvgIpc) is 3.43. The molecule has 33 heavy (non-hydrogen) atoms. The fraction of sp³-hybridized carbons (Fsp3) is 0.167. The minimum Gasteiger partial charge on any atom is -0.503 e. The molecule has 0 saturated heterocycles. The van der Waals surface area contributed by atoms with Gasteiger partial charge in [0, 0.05) is 6.07 Å². The molecule has 1 unspecified atom stereocenters. The van der Waals surface area contributed by atoms with Crippen LogP contribution >= 0.6 is 11.3 Å². The van der Waals surface area contributed by atoms with Crippen molar-refractivity contribution in [2.75, 3.05) is 18.6 Å². The van der Waals surface area contributed by atoms with Crippen LogP contribution in [0.5, 0.6) is 11.5 Å². The van der Waals surface area contributed by atoms with E-state index < -0.39 is 40.8 Å². The van der Waals surface area contributed by atoms with Crippen LogP contribution in [-0.4, -0.2) is 30.5 Å². The first kappa shape index (κ1) is 22.5. The molecule has 1 atom stereocenters. The summed E-state index contributed by atoms with van der Waals surface area (Å²) in [6.07, 6.45) is 0. The second-order valence-electron chi connectivity index (χ2n) is 7.09. The van der Waals surface area contributed by atoms with Crippen molar-refractivity contribution in [3.8, 4) is 11.5 Å². The lowest BCUT2D eigenvalue weighted by Gasteiger charge is -2.27. The van der Waals surface area contributed by atoms with Gasteiger partial charge in [0.2, 0.25) is 5.78 Å². The van der Waals surface area contributed by atoms with E-state index in [2.05, 4.69) is 0 Å². The summed E-state index contributed by atoms with van der Waals surface area (Å²) >= 11 is 1.13. The highest BCUT2D eigenvalue weighted by molar-refractivity contribution is 7.12. The van der Waals surface area contributed by atoms with Crippen molar-refractivity contribution in [1.82, 2.24) is 0 Å². The van der Waals surface area contributed by atoms with Crippen molar-refractivity contribution in [3.63, 3.8) is 0 Å². The summed E-state index contributed by atoms with van der Waals surface area (Å²) in [6, 6.07) is 9.33. The van der Waals surface area contributed by atoms with Crippen LogP contribution in [0.25, 0.3) is 0 Å². The Kier molecular flexibility index (Phi) is 6.15. The van der Waals surface area contributed by atoms with Crippen molar-refractivity contribution < 1.29 is 33.0 Å². The smallest absolute Gasteiger partial charge is 0.294 e. The van der Waals surface area contributed by atoms with Gasteiger partial charge >= 0.3 is 0 Å². The average molecular weight is 471 g/mol. The standard InChI is InChI=1S/C24H19F2NO5S/c1-3-32-18-11-13(6-9-17(18)31-2)21-20(22(28)19-5-4-10-33-19)23(29)24(30)27(21)16-12-14(25)7-8-15(16)26/h4-12,21,29H,3H2,1-2H3. The molecule has 3 aromatic rings. The minimum absolute atomic E-state index is 0.237. The number of aliphatic hydroxyl groups excluding tert-OH is 1. The zero-order valence-corrected chi connectivity index (χ0v) is 18.5. The molecule has 1 aliphatic heterocycles. The van der Waals surface area contributed by atoms with E-state index in [1.165, 1.54) is 7.11 Å². The molecule has 1 aliphatic rings. The number of ketones is 1. The first-order valence-corrected chi connectivity index (χ1v) is 10.9. The van der Waals surface area contributed by atoms with Gasteiger partial charge in [-0.1, -0.05) is 12.1 Å². The number of Topliss-reactive ketones (excluding diaryl/α,β-unsaturated/α-hetero) is 1. The number of amides is 1. The summed E-state index contributed by atoms with van der Waals surface area (Å²) in [4.78, 5) is 27.6. The number of halogens is 2. The van der Waals surface area contributed by atoms with E-state index in [0.29, 0.717) is 23.7 Å². The van der Waals surface area contributed by atoms with Gasteiger partial charge in [0.15, 0.2) is 17.3 Å². The normalized spacial score (nSPS) is 15.8. The quantitative estimate of drug-likeness (QED) is 0.479. The van der Waals surface area contributed by atoms with Crippen LogP contribution in [-0.2, 0) is 4.79 Å². The Morgan fingerprint density at radius 2 is 1.94 bits per heavy atom. The van der Waals surface area contributed by atoms with Gasteiger partial charge < -0.3 is 14.6 Å². The maximum Gasteiger partial charge on any atom is 0.294 e. The van der Waals surface area contributed by atoms with Gasteiger partial charge in [-0.05, 0) is 48.2 Å². The number of rotatable bonds is 7. The monoisotopic (exact) mass is 471 g/mol. The lowest BCUT2D eigenvalue weighted by molar-refractivity contribution is -0.117. The zero-order chi connectivity index (χ0) is 23.7. The van der Waals surface area contributed by atoms with Gasteiger partial charge in [-0.15, -0.1) is 11.3 Å². The number of benzene rings is 2. The number of methoxy groups -OCH3 is 1.